The van der Waals surface area contributed by atoms with Gasteiger partial charge in [-0.25, -0.2) is 0 Å². The van der Waals surface area contributed by atoms with Gasteiger partial charge in [-0.05, 0) is 97.7 Å². The van der Waals surface area contributed by atoms with Crippen LogP contribution in [0.25, 0.3) is 0 Å². The molecule has 0 amide bonds. The average Bonchev–Trinajstić information content (AvgIpc) is 2.83. The van der Waals surface area contributed by atoms with Gasteiger partial charge in [-0.2, -0.15) is 0 Å². The quantitative estimate of drug-likeness (QED) is 0.0945. The average molecular weight is 719 g/mol. The molecule has 0 aliphatic heterocycles. The summed E-state index contributed by atoms with van der Waals surface area (Å²) in [5.41, 5.74) is 0. The third-order valence-electron chi connectivity index (χ3n) is 8.15. The maximum atomic E-state index is 6.96. The first-order chi connectivity index (χ1) is 19.1. The van der Waals surface area contributed by atoms with E-state index in [1.54, 1.807) is 21.3 Å². The largest absolute Gasteiger partial charge is 0.502 e. The maximum Gasteiger partial charge on any atom is 0.502 e. The summed E-state index contributed by atoms with van der Waals surface area (Å²) in [4.78, 5) is 5.31. The molecule has 1 atom stereocenters. The van der Waals surface area contributed by atoms with E-state index in [2.05, 4.69) is 110 Å². The Kier molecular flexibility index (Phi) is 18.4. The van der Waals surface area contributed by atoms with E-state index in [1.165, 1.54) is 12.1 Å². The smallest absolute Gasteiger partial charge is 0.436 e. The van der Waals surface area contributed by atoms with Gasteiger partial charge in [0.1, 0.15) is 0 Å². The van der Waals surface area contributed by atoms with E-state index in [9.17, 15) is 0 Å². The number of nitrogens with zero attached hydrogens (tertiary/aromatic N) is 2. The van der Waals surface area contributed by atoms with Crippen LogP contribution in [-0.4, -0.2) is 124 Å². The molecule has 0 aromatic heterocycles. The van der Waals surface area contributed by atoms with Crippen molar-refractivity contribution in [3.05, 3.63) is 0 Å². The maximum absolute atomic E-state index is 6.96. The van der Waals surface area contributed by atoms with Crippen molar-refractivity contribution >= 4 is 60.6 Å². The van der Waals surface area contributed by atoms with E-state index in [1.807, 2.05) is 0 Å². The molecule has 0 bridgehead atoms. The van der Waals surface area contributed by atoms with Gasteiger partial charge in [0.05, 0.1) is 9.52 Å². The first kappa shape index (κ1) is 43.2. The van der Waals surface area contributed by atoms with E-state index < -0.39 is 51.1 Å². The number of rotatable bonds is 23. The third kappa shape index (κ3) is 13.9. The summed E-state index contributed by atoms with van der Waals surface area (Å²) in [6.07, 6.45) is 0. The second kappa shape index (κ2) is 17.9. The summed E-state index contributed by atoms with van der Waals surface area (Å²) in [6.45, 7) is 37.8. The second-order valence-electron chi connectivity index (χ2n) is 13.7. The van der Waals surface area contributed by atoms with Crippen LogP contribution < -0.4 is 0 Å². The lowest BCUT2D eigenvalue weighted by Gasteiger charge is -2.45. The van der Waals surface area contributed by atoms with Crippen molar-refractivity contribution in [2.45, 2.75) is 123 Å². The highest BCUT2D eigenvalue weighted by molar-refractivity contribution is 6.94. The van der Waals surface area contributed by atoms with Gasteiger partial charge in [0, 0.05) is 32.3 Å². The van der Waals surface area contributed by atoms with Crippen LogP contribution in [0.1, 0.15) is 34.6 Å². The molecule has 0 heterocycles. The van der Waals surface area contributed by atoms with Gasteiger partial charge < -0.3 is 29.7 Å². The fraction of sp³-hybridized carbons (Fsp3) is 1.00. The zero-order chi connectivity index (χ0) is 33.2. The van der Waals surface area contributed by atoms with Crippen molar-refractivity contribution in [2.24, 2.45) is 0 Å². The lowest BCUT2D eigenvalue weighted by molar-refractivity contribution is 0.115. The molecule has 0 radical (unpaired) electrons. The third-order valence-corrected chi connectivity index (χ3v) is 36.8. The van der Waals surface area contributed by atoms with Crippen LogP contribution in [0, 0.1) is 0 Å². The molecule has 0 aromatic rings. The molecule has 0 aromatic carbocycles. The van der Waals surface area contributed by atoms with Crippen molar-refractivity contribution in [3.63, 3.8) is 0 Å². The van der Waals surface area contributed by atoms with Crippen LogP contribution in [0.2, 0.25) is 82.7 Å². The Morgan fingerprint density at radius 3 is 1.29 bits per heavy atom. The minimum absolute atomic E-state index is 0.0404. The van der Waals surface area contributed by atoms with Crippen molar-refractivity contribution in [1.82, 2.24) is 9.80 Å². The molecule has 254 valence electrons. The van der Waals surface area contributed by atoms with Gasteiger partial charge in [-0.3, -0.25) is 9.80 Å². The topological polar surface area (TPSA) is 71.1 Å². The molecule has 0 spiro atoms. The van der Waals surface area contributed by atoms with Crippen LogP contribution in [-0.2, 0) is 29.7 Å². The van der Waals surface area contributed by atoms with Crippen LogP contribution in [0.4, 0.5) is 0 Å². The highest BCUT2D eigenvalue weighted by Gasteiger charge is 2.56. The lowest BCUT2D eigenvalue weighted by atomic mass is 10.5. The molecule has 16 heteroatoms. The molecule has 0 N–H and O–H groups in total. The molecular formula is C26H70N2O7Si7. The van der Waals surface area contributed by atoms with Crippen LogP contribution >= 0.6 is 0 Å². The molecule has 0 rings (SSSR count). The van der Waals surface area contributed by atoms with Gasteiger partial charge in [-0.15, -0.1) is 0 Å². The van der Waals surface area contributed by atoms with Gasteiger partial charge in [0.2, 0.25) is 0 Å². The summed E-state index contributed by atoms with van der Waals surface area (Å²) in [7, 11) is -9.92. The van der Waals surface area contributed by atoms with Gasteiger partial charge in [0.15, 0.2) is 16.6 Å². The zero-order valence-corrected chi connectivity index (χ0v) is 38.3. The summed E-state index contributed by atoms with van der Waals surface area (Å²) in [6, 6.07) is 2.49. The highest BCUT2D eigenvalue weighted by atomic mass is 28.5. The van der Waals surface area contributed by atoms with Gasteiger partial charge >= 0.3 is 34.5 Å². The van der Waals surface area contributed by atoms with E-state index in [0.717, 1.165) is 26.2 Å². The second-order valence-corrected chi connectivity index (χ2v) is 39.4. The molecule has 0 saturated heterocycles. The molecule has 9 nitrogen and oxygen atoms in total. The molecule has 1 unspecified atom stereocenters. The fourth-order valence-electron chi connectivity index (χ4n) is 6.49. The van der Waals surface area contributed by atoms with E-state index >= 15 is 0 Å². The Balaban J connectivity index is 5.43. The molecule has 0 aliphatic carbocycles. The van der Waals surface area contributed by atoms with Crippen LogP contribution in [0.15, 0.2) is 0 Å². The Bertz CT molecular complexity index is 747. The molecule has 0 fully saturated rings. The van der Waals surface area contributed by atoms with Crippen molar-refractivity contribution < 1.29 is 29.7 Å². The van der Waals surface area contributed by atoms with Crippen molar-refractivity contribution in [3.8, 4) is 0 Å². The zero-order valence-electron chi connectivity index (χ0n) is 30.9. The Hall–Kier alpha value is 1.16. The van der Waals surface area contributed by atoms with Crippen molar-refractivity contribution in [2.75, 3.05) is 47.5 Å². The van der Waals surface area contributed by atoms with Crippen LogP contribution in [0.5, 0.6) is 0 Å². The summed E-state index contributed by atoms with van der Waals surface area (Å²) in [5.74, 6) is 0.633. The number of hydrogen-bond donors (Lipinski definition) is 0. The molecule has 0 aliphatic rings. The Morgan fingerprint density at radius 2 is 0.929 bits per heavy atom. The fourth-order valence-corrected chi connectivity index (χ4v) is 42.0. The monoisotopic (exact) mass is 718 g/mol. The highest BCUT2D eigenvalue weighted by Crippen LogP contribution is 2.36. The minimum Gasteiger partial charge on any atom is -0.436 e. The minimum atomic E-state index is -2.85. The first-order valence-electron chi connectivity index (χ1n) is 16.0. The summed E-state index contributed by atoms with van der Waals surface area (Å²) >= 11 is 0. The first-order valence-corrected chi connectivity index (χ1v) is 34.2. The van der Waals surface area contributed by atoms with Crippen LogP contribution in [0.3, 0.4) is 0 Å². The summed E-state index contributed by atoms with van der Waals surface area (Å²) in [5, 5.41) is 0.0404. The normalized spacial score (nSPS) is 15.6. The summed E-state index contributed by atoms with van der Waals surface area (Å²) < 4.78 is 44.9. The van der Waals surface area contributed by atoms with Crippen molar-refractivity contribution in [1.29, 1.82) is 0 Å². The molecular weight excluding hydrogens is 649 g/mol. The van der Waals surface area contributed by atoms with Gasteiger partial charge in [0.25, 0.3) is 0 Å². The van der Waals surface area contributed by atoms with E-state index in [0.29, 0.717) is 5.79 Å². The predicted molar refractivity (Wildman–Crippen MR) is 196 cm³/mol. The molecule has 42 heavy (non-hydrogen) atoms. The Morgan fingerprint density at radius 1 is 0.571 bits per heavy atom. The van der Waals surface area contributed by atoms with Gasteiger partial charge in [-0.1, -0.05) is 40.7 Å². The predicted octanol–water partition coefficient (Wildman–Crippen LogP) is 5.93. The Labute approximate surface area is 269 Å². The molecule has 0 saturated carbocycles. The van der Waals surface area contributed by atoms with E-state index in [4.69, 9.17) is 29.7 Å². The standard InChI is InChI=1S/C26H70N2O7Si7/c1-19-27(20-2)26(28(21-3)22-4)36-23-24-37(9,10)32-39(13,14)34-41(17,18)35-40(15,16)33-38(11,12)25(5)42(29-6,30-7)31-8/h25-26H,19-24,36H2,1-18H3. The lowest BCUT2D eigenvalue weighted by Crippen LogP contribution is -2.62. The number of hydrogen-bond acceptors (Lipinski definition) is 9. The SMILES string of the molecule is CCN(CC)C([SiH2]CC[Si](C)(C)O[Si](C)(C)O[Si](C)(C)O[Si](C)(C)O[Si](C)(C)C(C)[Si](OC)(OC)OC)N(CC)CC. The van der Waals surface area contributed by atoms with E-state index in [-0.39, 0.29) is 14.7 Å².